The number of nitrogens with one attached hydrogen (secondary N) is 2. The third kappa shape index (κ3) is 3.55. The number of hydrogen-bond acceptors (Lipinski definition) is 4. The second kappa shape index (κ2) is 6.66. The molecule has 0 saturated heterocycles. The van der Waals surface area contributed by atoms with Gasteiger partial charge in [0.1, 0.15) is 13.2 Å². The molecule has 1 unspecified atom stereocenters. The first kappa shape index (κ1) is 15.8. The summed E-state index contributed by atoms with van der Waals surface area (Å²) in [4.78, 5) is 12.1. The van der Waals surface area contributed by atoms with Crippen LogP contribution >= 0.6 is 0 Å². The lowest BCUT2D eigenvalue weighted by atomic mass is 10.1. The average molecular weight is 342 g/mol. The average Bonchev–Trinajstić information content (AvgIpc) is 3.39. The number of hydrogen-bond donors (Lipinski definition) is 2. The number of anilines is 1. The van der Waals surface area contributed by atoms with Gasteiger partial charge in [-0.25, -0.2) is 4.79 Å². The highest BCUT2D eigenvalue weighted by Gasteiger charge is 2.29. The van der Waals surface area contributed by atoms with Crippen LogP contribution in [-0.2, 0) is 6.54 Å². The zero-order valence-electron chi connectivity index (χ0n) is 14.2. The van der Waals surface area contributed by atoms with E-state index in [0.717, 1.165) is 11.3 Å². The summed E-state index contributed by atoms with van der Waals surface area (Å²) in [7, 11) is 0. The van der Waals surface area contributed by atoms with Crippen LogP contribution in [-0.4, -0.2) is 29.0 Å². The third-order valence-electron chi connectivity index (χ3n) is 4.67. The molecule has 2 heterocycles. The minimum Gasteiger partial charge on any atom is -0.486 e. The largest absolute Gasteiger partial charge is 0.486 e. The van der Waals surface area contributed by atoms with Gasteiger partial charge in [0.2, 0.25) is 0 Å². The highest BCUT2D eigenvalue weighted by molar-refractivity contribution is 5.88. The number of carbonyl (C=O) groups excluding carboxylic acids is 1. The summed E-state index contributed by atoms with van der Waals surface area (Å²) < 4.78 is 13.1. The normalized spacial score (nSPS) is 17.0. The van der Waals surface area contributed by atoms with Crippen LogP contribution in [0.3, 0.4) is 0 Å². The molecule has 2 amide bonds. The van der Waals surface area contributed by atoms with Crippen molar-refractivity contribution in [2.45, 2.75) is 32.4 Å². The molecular formula is C18H22N4O3. The van der Waals surface area contributed by atoms with E-state index in [1.165, 1.54) is 12.8 Å². The van der Waals surface area contributed by atoms with Crippen LogP contribution in [0.1, 0.15) is 31.4 Å². The maximum absolute atomic E-state index is 12.1. The van der Waals surface area contributed by atoms with Crippen molar-refractivity contribution in [3.05, 3.63) is 36.2 Å². The van der Waals surface area contributed by atoms with E-state index in [0.29, 0.717) is 43.2 Å². The number of urea groups is 1. The summed E-state index contributed by atoms with van der Waals surface area (Å²) in [6.45, 7) is 3.60. The second-order valence-corrected chi connectivity index (χ2v) is 6.54. The topological polar surface area (TPSA) is 77.4 Å². The molecule has 132 valence electrons. The van der Waals surface area contributed by atoms with Gasteiger partial charge in [0.15, 0.2) is 11.5 Å². The molecule has 0 bridgehead atoms. The van der Waals surface area contributed by atoms with Crippen LogP contribution in [0.2, 0.25) is 0 Å². The van der Waals surface area contributed by atoms with E-state index < -0.39 is 0 Å². The van der Waals surface area contributed by atoms with Gasteiger partial charge in [-0.2, -0.15) is 5.10 Å². The van der Waals surface area contributed by atoms with E-state index in [4.69, 9.17) is 9.47 Å². The minimum absolute atomic E-state index is 0.270. The molecule has 2 N–H and O–H groups in total. The predicted octanol–water partition coefficient (Wildman–Crippen LogP) is 2.95. The Bertz CT molecular complexity index is 769. The SMILES string of the molecule is CC(C1CC1)n1cc(NC(=O)NCc2cccc3c2OCCO3)cn1. The van der Waals surface area contributed by atoms with Gasteiger partial charge in [0.05, 0.1) is 17.9 Å². The maximum Gasteiger partial charge on any atom is 0.319 e. The summed E-state index contributed by atoms with van der Waals surface area (Å²) in [6.07, 6.45) is 6.08. The number of amides is 2. The minimum atomic E-state index is -0.270. The Morgan fingerprint density at radius 1 is 1.36 bits per heavy atom. The van der Waals surface area contributed by atoms with E-state index in [9.17, 15) is 4.79 Å². The molecule has 2 aromatic rings. The number of ether oxygens (including phenoxy) is 2. The molecule has 1 aromatic carbocycles. The highest BCUT2D eigenvalue weighted by atomic mass is 16.6. The van der Waals surface area contributed by atoms with Gasteiger partial charge in [0.25, 0.3) is 0 Å². The first-order valence-electron chi connectivity index (χ1n) is 8.67. The van der Waals surface area contributed by atoms with Crippen molar-refractivity contribution in [1.29, 1.82) is 0 Å². The molecule has 1 fully saturated rings. The lowest BCUT2D eigenvalue weighted by Gasteiger charge is -2.21. The Morgan fingerprint density at radius 3 is 3.04 bits per heavy atom. The Hall–Kier alpha value is -2.70. The van der Waals surface area contributed by atoms with Crippen molar-refractivity contribution in [3.8, 4) is 11.5 Å². The van der Waals surface area contributed by atoms with Crippen molar-refractivity contribution < 1.29 is 14.3 Å². The highest BCUT2D eigenvalue weighted by Crippen LogP contribution is 2.39. The van der Waals surface area contributed by atoms with E-state index >= 15 is 0 Å². The van der Waals surface area contributed by atoms with Gasteiger partial charge < -0.3 is 20.1 Å². The van der Waals surface area contributed by atoms with E-state index in [1.807, 2.05) is 29.1 Å². The van der Waals surface area contributed by atoms with Gasteiger partial charge in [-0.1, -0.05) is 12.1 Å². The predicted molar refractivity (Wildman–Crippen MR) is 93.0 cm³/mol. The number of nitrogens with zero attached hydrogens (tertiary/aromatic N) is 2. The van der Waals surface area contributed by atoms with Gasteiger partial charge in [-0.3, -0.25) is 4.68 Å². The second-order valence-electron chi connectivity index (χ2n) is 6.54. The molecule has 1 aromatic heterocycles. The van der Waals surface area contributed by atoms with Crippen molar-refractivity contribution >= 4 is 11.7 Å². The Balaban J connectivity index is 1.34. The monoisotopic (exact) mass is 342 g/mol. The van der Waals surface area contributed by atoms with Crippen LogP contribution in [0.25, 0.3) is 0 Å². The zero-order valence-corrected chi connectivity index (χ0v) is 14.2. The van der Waals surface area contributed by atoms with Gasteiger partial charge in [-0.15, -0.1) is 0 Å². The molecule has 7 nitrogen and oxygen atoms in total. The molecule has 4 rings (SSSR count). The van der Waals surface area contributed by atoms with Crippen LogP contribution < -0.4 is 20.1 Å². The fraction of sp³-hybridized carbons (Fsp3) is 0.444. The van der Waals surface area contributed by atoms with Crippen molar-refractivity contribution in [2.75, 3.05) is 18.5 Å². The smallest absolute Gasteiger partial charge is 0.319 e. The third-order valence-corrected chi connectivity index (χ3v) is 4.67. The van der Waals surface area contributed by atoms with Crippen LogP contribution in [0.4, 0.5) is 10.5 Å². The van der Waals surface area contributed by atoms with Gasteiger partial charge >= 0.3 is 6.03 Å². The lowest BCUT2D eigenvalue weighted by Crippen LogP contribution is -2.28. The van der Waals surface area contributed by atoms with Crippen molar-refractivity contribution in [3.63, 3.8) is 0 Å². The quantitative estimate of drug-likeness (QED) is 0.876. The maximum atomic E-state index is 12.1. The molecule has 7 heteroatoms. The number of benzene rings is 1. The summed E-state index contributed by atoms with van der Waals surface area (Å²) in [6, 6.07) is 5.79. The Labute approximate surface area is 146 Å². The van der Waals surface area contributed by atoms with E-state index in [2.05, 4.69) is 22.7 Å². The first-order valence-corrected chi connectivity index (χ1v) is 8.67. The van der Waals surface area contributed by atoms with Crippen LogP contribution in [0.5, 0.6) is 11.5 Å². The fourth-order valence-corrected chi connectivity index (χ4v) is 3.04. The summed E-state index contributed by atoms with van der Waals surface area (Å²) in [5, 5.41) is 10.0. The molecule has 1 aliphatic heterocycles. The number of rotatable bonds is 5. The summed E-state index contributed by atoms with van der Waals surface area (Å²) >= 11 is 0. The van der Waals surface area contributed by atoms with Crippen molar-refractivity contribution in [2.24, 2.45) is 5.92 Å². The first-order chi connectivity index (χ1) is 12.2. The molecule has 0 radical (unpaired) electrons. The fourth-order valence-electron chi connectivity index (χ4n) is 3.04. The Kier molecular flexibility index (Phi) is 4.21. The molecule has 2 aliphatic rings. The lowest BCUT2D eigenvalue weighted by molar-refractivity contribution is 0.169. The zero-order chi connectivity index (χ0) is 17.2. The van der Waals surface area contributed by atoms with Crippen LogP contribution in [0, 0.1) is 5.92 Å². The van der Waals surface area contributed by atoms with Crippen molar-refractivity contribution in [1.82, 2.24) is 15.1 Å². The standard InChI is InChI=1S/C18H22N4O3/c1-12(13-5-6-13)22-11-15(10-20-22)21-18(23)19-9-14-3-2-4-16-17(14)25-8-7-24-16/h2-4,10-13H,5-9H2,1H3,(H2,19,21,23). The molecule has 1 atom stereocenters. The summed E-state index contributed by atoms with van der Waals surface area (Å²) in [5.41, 5.74) is 1.59. The van der Waals surface area contributed by atoms with E-state index in [1.54, 1.807) is 6.20 Å². The van der Waals surface area contributed by atoms with Gasteiger partial charge in [-0.05, 0) is 31.7 Å². The Morgan fingerprint density at radius 2 is 2.20 bits per heavy atom. The molecule has 0 spiro atoms. The molecular weight excluding hydrogens is 320 g/mol. The number of aromatic nitrogens is 2. The van der Waals surface area contributed by atoms with Gasteiger partial charge in [0, 0.05) is 18.3 Å². The number of fused-ring (bicyclic) bond motifs is 1. The molecule has 1 aliphatic carbocycles. The van der Waals surface area contributed by atoms with E-state index in [-0.39, 0.29) is 6.03 Å². The molecule has 1 saturated carbocycles. The number of para-hydroxylation sites is 1. The van der Waals surface area contributed by atoms with Crippen LogP contribution in [0.15, 0.2) is 30.6 Å². The molecule has 25 heavy (non-hydrogen) atoms. The number of carbonyl (C=O) groups is 1. The summed E-state index contributed by atoms with van der Waals surface area (Å²) in [5.74, 6) is 2.15.